The van der Waals surface area contributed by atoms with Crippen LogP contribution < -0.4 is 5.32 Å². The number of likely N-dealkylation sites (tertiary alicyclic amines) is 1. The molecule has 0 radical (unpaired) electrons. The molecule has 0 spiro atoms. The second kappa shape index (κ2) is 6.32. The molecule has 0 aromatic carbocycles. The molecule has 1 rings (SSSR count). The fraction of sp³-hybridized carbons (Fsp3) is 0.857. The lowest BCUT2D eigenvalue weighted by atomic mass is 10.0. The lowest BCUT2D eigenvalue weighted by molar-refractivity contribution is -0.141. The second-order valence-corrected chi connectivity index (χ2v) is 5.53. The molecule has 0 aromatic heterocycles. The van der Waals surface area contributed by atoms with Crippen LogP contribution in [0.3, 0.4) is 0 Å². The smallest absolute Gasteiger partial charge is 0.247 e. The van der Waals surface area contributed by atoms with Crippen molar-refractivity contribution in [2.45, 2.75) is 72.0 Å². The van der Waals surface area contributed by atoms with E-state index < -0.39 is 0 Å². The number of hydrogen-bond acceptors (Lipinski definition) is 3. The first-order valence-electron chi connectivity index (χ1n) is 7.04. The van der Waals surface area contributed by atoms with Crippen LogP contribution in [0.5, 0.6) is 0 Å². The molecule has 1 aliphatic heterocycles. The average Bonchev–Trinajstić information content (AvgIpc) is 2.58. The van der Waals surface area contributed by atoms with Crippen molar-refractivity contribution in [1.29, 1.82) is 0 Å². The van der Waals surface area contributed by atoms with Crippen molar-refractivity contribution < 1.29 is 9.59 Å². The predicted octanol–water partition coefficient (Wildman–Crippen LogP) is 1.94. The number of carbonyl (C=O) groups is 2. The van der Waals surface area contributed by atoms with Crippen LogP contribution in [0.15, 0.2) is 0 Å². The van der Waals surface area contributed by atoms with E-state index in [4.69, 9.17) is 0 Å². The van der Waals surface area contributed by atoms with E-state index in [2.05, 4.69) is 26.1 Å². The third kappa shape index (κ3) is 3.10. The summed E-state index contributed by atoms with van der Waals surface area (Å²) in [5, 5.41) is 3.28. The average molecular weight is 254 g/mol. The molecule has 2 amide bonds. The van der Waals surface area contributed by atoms with Gasteiger partial charge in [-0.3, -0.25) is 14.5 Å². The molecule has 1 fully saturated rings. The quantitative estimate of drug-likeness (QED) is 0.737. The molecule has 4 heteroatoms. The zero-order valence-electron chi connectivity index (χ0n) is 12.2. The van der Waals surface area contributed by atoms with Gasteiger partial charge in [-0.15, -0.1) is 0 Å². The Morgan fingerprint density at radius 3 is 2.22 bits per heavy atom. The molecule has 0 saturated carbocycles. The third-order valence-electron chi connectivity index (χ3n) is 3.95. The molecule has 2 unspecified atom stereocenters. The summed E-state index contributed by atoms with van der Waals surface area (Å²) in [5.74, 6) is 0.387. The van der Waals surface area contributed by atoms with Gasteiger partial charge >= 0.3 is 0 Å². The van der Waals surface area contributed by atoms with Gasteiger partial charge in [0.2, 0.25) is 11.8 Å². The Kier molecular flexibility index (Phi) is 5.32. The Bertz CT molecular complexity index is 311. The van der Waals surface area contributed by atoms with Gasteiger partial charge in [-0.1, -0.05) is 27.7 Å². The molecule has 1 N–H and O–H groups in total. The molecule has 0 aliphatic carbocycles. The molecule has 0 aromatic rings. The summed E-state index contributed by atoms with van der Waals surface area (Å²) in [6, 6.07) is -0.0185. The van der Waals surface area contributed by atoms with Gasteiger partial charge in [0.1, 0.15) is 0 Å². The van der Waals surface area contributed by atoms with Crippen LogP contribution >= 0.6 is 0 Å². The number of amides is 2. The SMILES string of the molecule is CCC(CC)N1C(=O)CC(NC(C)C(C)C)C1=O. The van der Waals surface area contributed by atoms with E-state index in [1.807, 2.05) is 13.8 Å². The minimum absolute atomic E-state index is 0.0258. The first kappa shape index (κ1) is 15.2. The summed E-state index contributed by atoms with van der Waals surface area (Å²) in [6.07, 6.45) is 1.98. The van der Waals surface area contributed by atoms with Gasteiger partial charge in [-0.25, -0.2) is 0 Å². The molecule has 2 atom stereocenters. The largest absolute Gasteiger partial charge is 0.303 e. The molecule has 1 aliphatic rings. The topological polar surface area (TPSA) is 49.4 Å². The van der Waals surface area contributed by atoms with Crippen LogP contribution in [0.2, 0.25) is 0 Å². The van der Waals surface area contributed by atoms with Gasteiger partial charge in [0.05, 0.1) is 12.5 Å². The third-order valence-corrected chi connectivity index (χ3v) is 3.95. The highest BCUT2D eigenvalue weighted by Crippen LogP contribution is 2.21. The van der Waals surface area contributed by atoms with Crippen molar-refractivity contribution in [3.8, 4) is 0 Å². The first-order chi connectivity index (χ1) is 8.42. The molecular formula is C14H26N2O2. The van der Waals surface area contributed by atoms with Crippen LogP contribution in [-0.2, 0) is 9.59 Å². The van der Waals surface area contributed by atoms with Crippen LogP contribution in [0.4, 0.5) is 0 Å². The number of nitrogens with zero attached hydrogens (tertiary/aromatic N) is 1. The molecular weight excluding hydrogens is 228 g/mol. The standard InChI is InChI=1S/C14H26N2O2/c1-6-11(7-2)16-13(17)8-12(14(16)18)15-10(5)9(3)4/h9-12,15H,6-8H2,1-5H3. The van der Waals surface area contributed by atoms with E-state index in [-0.39, 0.29) is 29.9 Å². The highest BCUT2D eigenvalue weighted by atomic mass is 16.2. The Morgan fingerprint density at radius 1 is 1.22 bits per heavy atom. The number of carbonyl (C=O) groups excluding carboxylic acids is 2. The monoisotopic (exact) mass is 254 g/mol. The fourth-order valence-corrected chi connectivity index (χ4v) is 2.33. The maximum Gasteiger partial charge on any atom is 0.247 e. The molecule has 104 valence electrons. The van der Waals surface area contributed by atoms with E-state index in [0.717, 1.165) is 12.8 Å². The van der Waals surface area contributed by atoms with Gasteiger partial charge in [0, 0.05) is 12.1 Å². The highest BCUT2D eigenvalue weighted by molar-refractivity contribution is 6.05. The van der Waals surface area contributed by atoms with E-state index in [1.165, 1.54) is 4.90 Å². The predicted molar refractivity (Wildman–Crippen MR) is 72.1 cm³/mol. The summed E-state index contributed by atoms with van der Waals surface area (Å²) in [5.41, 5.74) is 0. The zero-order valence-corrected chi connectivity index (χ0v) is 12.2. The van der Waals surface area contributed by atoms with Gasteiger partial charge in [-0.2, -0.15) is 0 Å². The fourth-order valence-electron chi connectivity index (χ4n) is 2.33. The Balaban J connectivity index is 2.72. The Hall–Kier alpha value is -0.900. The maximum atomic E-state index is 12.3. The van der Waals surface area contributed by atoms with Crippen molar-refractivity contribution in [3.63, 3.8) is 0 Å². The molecule has 18 heavy (non-hydrogen) atoms. The second-order valence-electron chi connectivity index (χ2n) is 5.53. The summed E-state index contributed by atoms with van der Waals surface area (Å²) in [6.45, 7) is 10.3. The van der Waals surface area contributed by atoms with Gasteiger partial charge in [0.15, 0.2) is 0 Å². The summed E-state index contributed by atoms with van der Waals surface area (Å²) < 4.78 is 0. The van der Waals surface area contributed by atoms with Crippen molar-refractivity contribution in [1.82, 2.24) is 10.2 Å². The van der Waals surface area contributed by atoms with Gasteiger partial charge in [-0.05, 0) is 25.7 Å². The lowest BCUT2D eigenvalue weighted by Gasteiger charge is -2.25. The summed E-state index contributed by atoms with van der Waals surface area (Å²) in [7, 11) is 0. The van der Waals surface area contributed by atoms with E-state index >= 15 is 0 Å². The van der Waals surface area contributed by atoms with Crippen molar-refractivity contribution in [2.24, 2.45) is 5.92 Å². The summed E-state index contributed by atoms with van der Waals surface area (Å²) >= 11 is 0. The number of imide groups is 1. The van der Waals surface area contributed by atoms with Crippen LogP contribution in [0, 0.1) is 5.92 Å². The minimum atomic E-state index is -0.324. The Morgan fingerprint density at radius 2 is 1.78 bits per heavy atom. The molecule has 1 saturated heterocycles. The first-order valence-corrected chi connectivity index (χ1v) is 7.04. The number of hydrogen-bond donors (Lipinski definition) is 1. The summed E-state index contributed by atoms with van der Waals surface area (Å²) in [4.78, 5) is 25.7. The molecule has 1 heterocycles. The number of nitrogens with one attached hydrogen (secondary N) is 1. The van der Waals surface area contributed by atoms with Crippen LogP contribution in [-0.4, -0.2) is 34.8 Å². The van der Waals surface area contributed by atoms with E-state index in [0.29, 0.717) is 12.3 Å². The lowest BCUT2D eigenvalue weighted by Crippen LogP contribution is -2.46. The van der Waals surface area contributed by atoms with Crippen molar-refractivity contribution >= 4 is 11.8 Å². The van der Waals surface area contributed by atoms with Crippen molar-refractivity contribution in [2.75, 3.05) is 0 Å². The van der Waals surface area contributed by atoms with Gasteiger partial charge in [0.25, 0.3) is 0 Å². The van der Waals surface area contributed by atoms with Crippen LogP contribution in [0.25, 0.3) is 0 Å². The molecule has 0 bridgehead atoms. The maximum absolute atomic E-state index is 12.3. The highest BCUT2D eigenvalue weighted by Gasteiger charge is 2.41. The normalized spacial score (nSPS) is 22.4. The van der Waals surface area contributed by atoms with Crippen LogP contribution in [0.1, 0.15) is 53.9 Å². The Labute approximate surface area is 110 Å². The van der Waals surface area contributed by atoms with Crippen molar-refractivity contribution in [3.05, 3.63) is 0 Å². The molecule has 4 nitrogen and oxygen atoms in total. The van der Waals surface area contributed by atoms with E-state index in [1.54, 1.807) is 0 Å². The minimum Gasteiger partial charge on any atom is -0.303 e. The van der Waals surface area contributed by atoms with Gasteiger partial charge < -0.3 is 5.32 Å². The van der Waals surface area contributed by atoms with E-state index in [9.17, 15) is 9.59 Å². The zero-order chi connectivity index (χ0) is 13.9. The number of rotatable bonds is 6.